The van der Waals surface area contributed by atoms with Crippen LogP contribution in [0.3, 0.4) is 0 Å². The van der Waals surface area contributed by atoms with Gasteiger partial charge in [-0.15, -0.1) is 0 Å². The third-order valence-corrected chi connectivity index (χ3v) is 5.51. The Labute approximate surface area is 127 Å². The van der Waals surface area contributed by atoms with E-state index in [1.54, 1.807) is 0 Å². The molecule has 0 bridgehead atoms. The number of nitrogens with one attached hydrogen (secondary N) is 2. The molecule has 0 aromatic heterocycles. The topological polar surface area (TPSA) is 44.4 Å². The second-order valence-corrected chi connectivity index (χ2v) is 7.20. The van der Waals surface area contributed by atoms with Crippen LogP contribution in [0.4, 0.5) is 4.79 Å². The zero-order valence-electron chi connectivity index (χ0n) is 12.7. The summed E-state index contributed by atoms with van der Waals surface area (Å²) in [4.78, 5) is 14.4. The van der Waals surface area contributed by atoms with Gasteiger partial charge in [-0.2, -0.15) is 11.8 Å². The average molecular weight is 299 g/mol. The van der Waals surface area contributed by atoms with Crippen molar-refractivity contribution in [2.75, 3.05) is 37.7 Å². The summed E-state index contributed by atoms with van der Waals surface area (Å²) in [7, 11) is 0. The fraction of sp³-hybridized carbons (Fsp3) is 0.933. The lowest BCUT2D eigenvalue weighted by Crippen LogP contribution is -2.46. The Hall–Kier alpha value is -0.420. The van der Waals surface area contributed by atoms with Gasteiger partial charge in [0.25, 0.3) is 0 Å². The third-order valence-electron chi connectivity index (χ3n) is 4.29. The van der Waals surface area contributed by atoms with Crippen LogP contribution in [0.2, 0.25) is 0 Å². The van der Waals surface area contributed by atoms with Crippen LogP contribution in [0.1, 0.15) is 39.0 Å². The number of nitrogens with zero attached hydrogens (tertiary/aromatic N) is 1. The van der Waals surface area contributed by atoms with E-state index in [1.165, 1.54) is 51.1 Å². The molecule has 4 nitrogen and oxygen atoms in total. The number of hydrogen-bond donors (Lipinski definition) is 2. The van der Waals surface area contributed by atoms with Crippen LogP contribution in [0, 0.1) is 5.92 Å². The van der Waals surface area contributed by atoms with Crippen molar-refractivity contribution in [3.8, 4) is 0 Å². The predicted molar refractivity (Wildman–Crippen MR) is 86.3 cm³/mol. The molecule has 2 N–H and O–H groups in total. The summed E-state index contributed by atoms with van der Waals surface area (Å²) in [6, 6.07) is 0.411. The van der Waals surface area contributed by atoms with Crippen molar-refractivity contribution >= 4 is 17.8 Å². The molecule has 1 unspecified atom stereocenters. The van der Waals surface area contributed by atoms with E-state index < -0.39 is 0 Å². The minimum atomic E-state index is 0.0356. The maximum atomic E-state index is 11.9. The third kappa shape index (κ3) is 5.52. The van der Waals surface area contributed by atoms with Crippen molar-refractivity contribution in [2.24, 2.45) is 5.92 Å². The van der Waals surface area contributed by atoms with Crippen molar-refractivity contribution in [3.63, 3.8) is 0 Å². The number of hydrogen-bond acceptors (Lipinski definition) is 3. The van der Waals surface area contributed by atoms with E-state index in [1.807, 2.05) is 11.8 Å². The second-order valence-electron chi connectivity index (χ2n) is 6.05. The number of rotatable bonds is 5. The van der Waals surface area contributed by atoms with Gasteiger partial charge in [0.1, 0.15) is 0 Å². The zero-order valence-corrected chi connectivity index (χ0v) is 13.5. The summed E-state index contributed by atoms with van der Waals surface area (Å²) in [5.41, 5.74) is 0. The van der Waals surface area contributed by atoms with Crippen LogP contribution in [0.25, 0.3) is 0 Å². The standard InChI is InChI=1S/C15H29N3OS/c1-2-7-18-8-5-13(6-9-18)11-16-15(19)17-14-4-3-10-20-12-14/h13-14H,2-12H2,1H3,(H2,16,17,19). The van der Waals surface area contributed by atoms with Gasteiger partial charge in [-0.25, -0.2) is 4.79 Å². The molecule has 2 amide bonds. The van der Waals surface area contributed by atoms with Gasteiger partial charge in [0.05, 0.1) is 0 Å². The van der Waals surface area contributed by atoms with E-state index in [0.717, 1.165) is 18.7 Å². The molecular formula is C15H29N3OS. The first kappa shape index (κ1) is 16.0. The van der Waals surface area contributed by atoms with Crippen LogP contribution in [-0.2, 0) is 0 Å². The quantitative estimate of drug-likeness (QED) is 0.819. The summed E-state index contributed by atoms with van der Waals surface area (Å²) >= 11 is 1.95. The normalized spacial score (nSPS) is 25.4. The minimum absolute atomic E-state index is 0.0356. The van der Waals surface area contributed by atoms with Gasteiger partial charge < -0.3 is 15.5 Å². The summed E-state index contributed by atoms with van der Waals surface area (Å²) in [5, 5.41) is 6.17. The first-order valence-corrected chi connectivity index (χ1v) is 9.28. The van der Waals surface area contributed by atoms with Crippen LogP contribution in [-0.4, -0.2) is 54.7 Å². The molecule has 0 saturated carbocycles. The average Bonchev–Trinajstić information content (AvgIpc) is 2.48. The second kappa shape index (κ2) is 8.78. The molecule has 2 heterocycles. The zero-order chi connectivity index (χ0) is 14.2. The smallest absolute Gasteiger partial charge is 0.315 e. The summed E-state index contributed by atoms with van der Waals surface area (Å²) in [6.45, 7) is 6.69. The Bertz CT molecular complexity index is 287. The molecule has 5 heteroatoms. The summed E-state index contributed by atoms with van der Waals surface area (Å²) in [6.07, 6.45) is 6.05. The molecule has 20 heavy (non-hydrogen) atoms. The van der Waals surface area contributed by atoms with Crippen molar-refractivity contribution in [3.05, 3.63) is 0 Å². The summed E-state index contributed by atoms with van der Waals surface area (Å²) < 4.78 is 0. The van der Waals surface area contributed by atoms with Gasteiger partial charge in [0.15, 0.2) is 0 Å². The van der Waals surface area contributed by atoms with Crippen LogP contribution in [0.5, 0.6) is 0 Å². The Morgan fingerprint density at radius 1 is 1.30 bits per heavy atom. The fourth-order valence-electron chi connectivity index (χ4n) is 3.06. The fourth-order valence-corrected chi connectivity index (χ4v) is 4.13. The van der Waals surface area contributed by atoms with Crippen LogP contribution >= 0.6 is 11.8 Å². The molecule has 2 saturated heterocycles. The monoisotopic (exact) mass is 299 g/mol. The van der Waals surface area contributed by atoms with Crippen LogP contribution < -0.4 is 10.6 Å². The maximum Gasteiger partial charge on any atom is 0.315 e. The highest BCUT2D eigenvalue weighted by Gasteiger charge is 2.20. The number of piperidine rings is 1. The largest absolute Gasteiger partial charge is 0.338 e. The van der Waals surface area contributed by atoms with E-state index in [0.29, 0.717) is 12.0 Å². The lowest BCUT2D eigenvalue weighted by molar-refractivity contribution is 0.181. The molecule has 2 rings (SSSR count). The molecule has 0 aliphatic carbocycles. The number of carbonyl (C=O) groups is 1. The van der Waals surface area contributed by atoms with E-state index >= 15 is 0 Å². The Balaban J connectivity index is 1.57. The van der Waals surface area contributed by atoms with Gasteiger partial charge in [-0.05, 0) is 63.4 Å². The number of likely N-dealkylation sites (tertiary alicyclic amines) is 1. The number of thioether (sulfide) groups is 1. The highest BCUT2D eigenvalue weighted by Crippen LogP contribution is 2.17. The molecular weight excluding hydrogens is 270 g/mol. The SMILES string of the molecule is CCCN1CCC(CNC(=O)NC2CCCSC2)CC1. The van der Waals surface area contributed by atoms with Crippen molar-refractivity contribution in [2.45, 2.75) is 45.1 Å². The van der Waals surface area contributed by atoms with Gasteiger partial charge in [0, 0.05) is 18.3 Å². The van der Waals surface area contributed by atoms with Crippen LogP contribution in [0.15, 0.2) is 0 Å². The molecule has 0 radical (unpaired) electrons. The van der Waals surface area contributed by atoms with Gasteiger partial charge in [-0.3, -0.25) is 0 Å². The molecule has 116 valence electrons. The Morgan fingerprint density at radius 2 is 2.10 bits per heavy atom. The first-order chi connectivity index (χ1) is 9.78. The Kier molecular flexibility index (Phi) is 7.00. The number of amides is 2. The van der Waals surface area contributed by atoms with Crippen molar-refractivity contribution < 1.29 is 4.79 Å². The molecule has 0 aromatic rings. The van der Waals surface area contributed by atoms with Crippen molar-refractivity contribution in [1.82, 2.24) is 15.5 Å². The molecule has 0 aromatic carbocycles. The lowest BCUT2D eigenvalue weighted by Gasteiger charge is -2.32. The van der Waals surface area contributed by atoms with E-state index in [4.69, 9.17) is 0 Å². The van der Waals surface area contributed by atoms with E-state index in [2.05, 4.69) is 22.5 Å². The highest BCUT2D eigenvalue weighted by atomic mass is 32.2. The number of carbonyl (C=O) groups excluding carboxylic acids is 1. The first-order valence-electron chi connectivity index (χ1n) is 8.12. The lowest BCUT2D eigenvalue weighted by atomic mass is 9.97. The maximum absolute atomic E-state index is 11.9. The summed E-state index contributed by atoms with van der Waals surface area (Å²) in [5.74, 6) is 2.98. The molecule has 2 fully saturated rings. The van der Waals surface area contributed by atoms with E-state index in [-0.39, 0.29) is 6.03 Å². The van der Waals surface area contributed by atoms with Gasteiger partial charge in [-0.1, -0.05) is 6.92 Å². The molecule has 1 atom stereocenters. The van der Waals surface area contributed by atoms with Gasteiger partial charge >= 0.3 is 6.03 Å². The Morgan fingerprint density at radius 3 is 2.75 bits per heavy atom. The van der Waals surface area contributed by atoms with Gasteiger partial charge in [0.2, 0.25) is 0 Å². The van der Waals surface area contributed by atoms with E-state index in [9.17, 15) is 4.79 Å². The molecule has 2 aliphatic heterocycles. The highest BCUT2D eigenvalue weighted by molar-refractivity contribution is 7.99. The predicted octanol–water partition coefficient (Wildman–Crippen LogP) is 2.30. The van der Waals surface area contributed by atoms with Crippen molar-refractivity contribution in [1.29, 1.82) is 0 Å². The molecule has 2 aliphatic rings. The molecule has 0 spiro atoms. The minimum Gasteiger partial charge on any atom is -0.338 e. The number of urea groups is 1.